The predicted molar refractivity (Wildman–Crippen MR) is 73.6 cm³/mol. The molecule has 1 aliphatic rings. The molecule has 3 rings (SSSR count). The summed E-state index contributed by atoms with van der Waals surface area (Å²) in [6, 6.07) is 4.76. The van der Waals surface area contributed by atoms with E-state index < -0.39 is 0 Å². The number of hydrogen-bond acceptors (Lipinski definition) is 2. The summed E-state index contributed by atoms with van der Waals surface area (Å²) in [5, 5.41) is 3.27. The first-order chi connectivity index (χ1) is 8.38. The highest BCUT2D eigenvalue weighted by molar-refractivity contribution is 7.13. The first-order valence-corrected chi connectivity index (χ1v) is 7.31. The molecule has 0 fully saturated rings. The van der Waals surface area contributed by atoms with Gasteiger partial charge in [-0.05, 0) is 54.9 Å². The average Bonchev–Trinajstić information content (AvgIpc) is 2.91. The van der Waals surface area contributed by atoms with Gasteiger partial charge in [-0.1, -0.05) is 13.0 Å². The van der Waals surface area contributed by atoms with Gasteiger partial charge in [0.15, 0.2) is 0 Å². The number of fused-ring (bicyclic) bond motifs is 1. The maximum absolute atomic E-state index is 4.49. The first-order valence-electron chi connectivity index (χ1n) is 6.43. The highest BCUT2D eigenvalue weighted by atomic mass is 32.1. The van der Waals surface area contributed by atoms with Crippen LogP contribution in [-0.2, 0) is 19.3 Å². The Morgan fingerprint density at radius 1 is 1.24 bits per heavy atom. The van der Waals surface area contributed by atoms with Crippen molar-refractivity contribution >= 4 is 11.3 Å². The molecule has 0 spiro atoms. The van der Waals surface area contributed by atoms with Gasteiger partial charge >= 0.3 is 0 Å². The minimum absolute atomic E-state index is 1.12. The summed E-state index contributed by atoms with van der Waals surface area (Å²) in [7, 11) is 0. The molecule has 2 heteroatoms. The number of aryl methyl sites for hydroxylation is 2. The topological polar surface area (TPSA) is 12.9 Å². The van der Waals surface area contributed by atoms with E-state index in [0.717, 1.165) is 6.42 Å². The fraction of sp³-hybridized carbons (Fsp3) is 0.400. The zero-order valence-electron chi connectivity index (χ0n) is 10.2. The predicted octanol–water partition coefficient (Wildman–Crippen LogP) is 4.25. The maximum atomic E-state index is 4.49. The van der Waals surface area contributed by atoms with Gasteiger partial charge in [-0.3, -0.25) is 0 Å². The molecule has 0 aliphatic heterocycles. The quantitative estimate of drug-likeness (QED) is 0.768. The summed E-state index contributed by atoms with van der Waals surface area (Å²) >= 11 is 1.76. The molecule has 0 bridgehead atoms. The van der Waals surface area contributed by atoms with E-state index >= 15 is 0 Å². The van der Waals surface area contributed by atoms with Gasteiger partial charge < -0.3 is 0 Å². The van der Waals surface area contributed by atoms with Crippen molar-refractivity contribution in [2.45, 2.75) is 39.0 Å². The lowest BCUT2D eigenvalue weighted by molar-refractivity contribution is 0.685. The van der Waals surface area contributed by atoms with Crippen LogP contribution in [0.1, 0.15) is 36.5 Å². The fourth-order valence-corrected chi connectivity index (χ4v) is 3.37. The normalized spacial score (nSPS) is 14.6. The Morgan fingerprint density at radius 3 is 2.88 bits per heavy atom. The monoisotopic (exact) mass is 243 g/mol. The van der Waals surface area contributed by atoms with Crippen LogP contribution in [0.3, 0.4) is 0 Å². The lowest BCUT2D eigenvalue weighted by atomic mass is 9.86. The summed E-state index contributed by atoms with van der Waals surface area (Å²) in [6.07, 6.45) is 8.18. The lowest BCUT2D eigenvalue weighted by Crippen LogP contribution is -2.05. The second-order valence-corrected chi connectivity index (χ2v) is 5.57. The smallest absolute Gasteiger partial charge is 0.123 e. The van der Waals surface area contributed by atoms with Crippen LogP contribution in [-0.4, -0.2) is 4.98 Å². The van der Waals surface area contributed by atoms with E-state index in [0.29, 0.717) is 0 Å². The number of nitrogens with zero attached hydrogens (tertiary/aromatic N) is 1. The van der Waals surface area contributed by atoms with Crippen molar-refractivity contribution in [3.05, 3.63) is 40.4 Å². The summed E-state index contributed by atoms with van der Waals surface area (Å²) in [5.41, 5.74) is 5.98. The molecule has 88 valence electrons. The summed E-state index contributed by atoms with van der Waals surface area (Å²) in [6.45, 7) is 2.23. The standard InChI is InChI=1S/C15H17NS/c1-2-11-9-12-5-3-4-6-13(12)14(10-11)15-16-7-8-17-15/h7-10H,2-6H2,1H3. The molecule has 0 saturated carbocycles. The zero-order chi connectivity index (χ0) is 11.7. The largest absolute Gasteiger partial charge is 0.245 e. The van der Waals surface area contributed by atoms with Gasteiger partial charge in [0.05, 0.1) is 0 Å². The molecule has 0 amide bonds. The van der Waals surface area contributed by atoms with Crippen LogP contribution in [0.25, 0.3) is 10.6 Å². The molecule has 2 aromatic rings. The van der Waals surface area contributed by atoms with E-state index in [1.807, 2.05) is 6.20 Å². The molecule has 1 aromatic carbocycles. The minimum atomic E-state index is 1.12. The van der Waals surface area contributed by atoms with Crippen molar-refractivity contribution in [2.24, 2.45) is 0 Å². The molecular weight excluding hydrogens is 226 g/mol. The van der Waals surface area contributed by atoms with Crippen molar-refractivity contribution in [2.75, 3.05) is 0 Å². The SMILES string of the molecule is CCc1cc2c(c(-c3nccs3)c1)CCCC2. The number of rotatable bonds is 2. The number of benzene rings is 1. The minimum Gasteiger partial charge on any atom is -0.245 e. The number of hydrogen-bond donors (Lipinski definition) is 0. The van der Waals surface area contributed by atoms with Crippen molar-refractivity contribution in [3.63, 3.8) is 0 Å². The fourth-order valence-electron chi connectivity index (χ4n) is 2.68. The third-order valence-corrected chi connectivity index (χ3v) is 4.40. The summed E-state index contributed by atoms with van der Waals surface area (Å²) in [4.78, 5) is 4.49. The Hall–Kier alpha value is -1.15. The van der Waals surface area contributed by atoms with Gasteiger partial charge in [-0.25, -0.2) is 4.98 Å². The third-order valence-electron chi connectivity index (χ3n) is 3.60. The second-order valence-electron chi connectivity index (χ2n) is 4.68. The van der Waals surface area contributed by atoms with E-state index in [9.17, 15) is 0 Å². The van der Waals surface area contributed by atoms with Gasteiger partial charge in [0.2, 0.25) is 0 Å². The van der Waals surface area contributed by atoms with Crippen LogP contribution in [0, 0.1) is 0 Å². The van der Waals surface area contributed by atoms with Crippen LogP contribution in [0.5, 0.6) is 0 Å². The third kappa shape index (κ3) is 2.02. The highest BCUT2D eigenvalue weighted by Crippen LogP contribution is 2.34. The Labute approximate surface area is 107 Å². The van der Waals surface area contributed by atoms with Crippen molar-refractivity contribution < 1.29 is 0 Å². The molecule has 0 N–H and O–H groups in total. The van der Waals surface area contributed by atoms with Crippen LogP contribution in [0.2, 0.25) is 0 Å². The van der Waals surface area contributed by atoms with Crippen LogP contribution in [0.15, 0.2) is 23.7 Å². The van der Waals surface area contributed by atoms with Crippen LogP contribution < -0.4 is 0 Å². The zero-order valence-corrected chi connectivity index (χ0v) is 11.0. The molecule has 0 atom stereocenters. The second kappa shape index (κ2) is 4.61. The van der Waals surface area contributed by atoms with E-state index in [1.165, 1.54) is 41.8 Å². The highest BCUT2D eigenvalue weighted by Gasteiger charge is 2.16. The Kier molecular flexibility index (Phi) is 2.98. The molecule has 17 heavy (non-hydrogen) atoms. The molecule has 0 radical (unpaired) electrons. The van der Waals surface area contributed by atoms with Crippen molar-refractivity contribution in [1.82, 2.24) is 4.98 Å². The van der Waals surface area contributed by atoms with E-state index in [4.69, 9.17) is 0 Å². The van der Waals surface area contributed by atoms with Gasteiger partial charge in [-0.2, -0.15) is 0 Å². The average molecular weight is 243 g/mol. The molecule has 0 unspecified atom stereocenters. The molecule has 0 saturated heterocycles. The Bertz CT molecular complexity index is 514. The lowest BCUT2D eigenvalue weighted by Gasteiger charge is -2.20. The number of aromatic nitrogens is 1. The van der Waals surface area contributed by atoms with Gasteiger partial charge in [0.25, 0.3) is 0 Å². The van der Waals surface area contributed by atoms with Gasteiger partial charge in [0, 0.05) is 17.1 Å². The summed E-state index contributed by atoms with van der Waals surface area (Å²) in [5.74, 6) is 0. The van der Waals surface area contributed by atoms with Crippen molar-refractivity contribution in [3.8, 4) is 10.6 Å². The maximum Gasteiger partial charge on any atom is 0.123 e. The first kappa shape index (κ1) is 11.0. The molecule has 1 aliphatic carbocycles. The molecule has 1 heterocycles. The van der Waals surface area contributed by atoms with E-state index in [-0.39, 0.29) is 0 Å². The van der Waals surface area contributed by atoms with Crippen LogP contribution >= 0.6 is 11.3 Å². The van der Waals surface area contributed by atoms with Gasteiger partial charge in [0.1, 0.15) is 5.01 Å². The Balaban J connectivity index is 2.18. The van der Waals surface area contributed by atoms with Gasteiger partial charge in [-0.15, -0.1) is 11.3 Å². The summed E-state index contributed by atoms with van der Waals surface area (Å²) < 4.78 is 0. The van der Waals surface area contributed by atoms with E-state index in [2.05, 4.69) is 29.4 Å². The molecule has 1 nitrogen and oxygen atoms in total. The molecular formula is C15H17NS. The van der Waals surface area contributed by atoms with E-state index in [1.54, 1.807) is 22.5 Å². The van der Waals surface area contributed by atoms with Crippen LogP contribution in [0.4, 0.5) is 0 Å². The van der Waals surface area contributed by atoms with Crippen molar-refractivity contribution in [1.29, 1.82) is 0 Å². The number of thiazole rings is 1. The molecule has 1 aromatic heterocycles. The Morgan fingerprint density at radius 2 is 2.12 bits per heavy atom.